The van der Waals surface area contributed by atoms with Gasteiger partial charge in [0.15, 0.2) is 0 Å². The van der Waals surface area contributed by atoms with E-state index >= 15 is 0 Å². The SMILES string of the molecule is COC(=O)C1CCCN1S(=O)(=O)NC(=O)Nc1nc(C)cc(C)n1. The molecule has 2 N–H and O–H groups in total. The van der Waals surface area contributed by atoms with E-state index in [1.807, 2.05) is 4.72 Å². The molecule has 10 nitrogen and oxygen atoms in total. The van der Waals surface area contributed by atoms with E-state index in [0.29, 0.717) is 24.2 Å². The summed E-state index contributed by atoms with van der Waals surface area (Å²) in [6.45, 7) is 3.57. The summed E-state index contributed by atoms with van der Waals surface area (Å²) >= 11 is 0. The Hall–Kier alpha value is -2.27. The smallest absolute Gasteiger partial charge is 0.336 e. The van der Waals surface area contributed by atoms with Crippen LogP contribution in [0.15, 0.2) is 6.07 Å². The highest BCUT2D eigenvalue weighted by molar-refractivity contribution is 7.87. The van der Waals surface area contributed by atoms with Crippen molar-refractivity contribution in [3.63, 3.8) is 0 Å². The van der Waals surface area contributed by atoms with Gasteiger partial charge in [0.2, 0.25) is 5.95 Å². The largest absolute Gasteiger partial charge is 0.468 e. The fourth-order valence-electron chi connectivity index (χ4n) is 2.48. The second-order valence-electron chi connectivity index (χ2n) is 5.33. The number of hydrogen-bond donors (Lipinski definition) is 2. The Bertz CT molecular complexity index is 731. The molecule has 0 bridgehead atoms. The zero-order valence-electron chi connectivity index (χ0n) is 13.6. The number of methoxy groups -OCH3 is 1. The van der Waals surface area contributed by atoms with E-state index in [4.69, 9.17) is 0 Å². The number of nitrogens with one attached hydrogen (secondary N) is 2. The van der Waals surface area contributed by atoms with Gasteiger partial charge >= 0.3 is 22.2 Å². The Morgan fingerprint density at radius 3 is 2.50 bits per heavy atom. The molecule has 1 saturated heterocycles. The number of aryl methyl sites for hydroxylation is 2. The Morgan fingerprint density at radius 2 is 1.92 bits per heavy atom. The van der Waals surface area contributed by atoms with Crippen molar-refractivity contribution in [2.45, 2.75) is 32.7 Å². The maximum Gasteiger partial charge on any atom is 0.336 e. The molecule has 0 aliphatic carbocycles. The van der Waals surface area contributed by atoms with Crippen LogP contribution in [0.5, 0.6) is 0 Å². The van der Waals surface area contributed by atoms with Crippen molar-refractivity contribution in [3.8, 4) is 0 Å². The predicted molar refractivity (Wildman–Crippen MR) is 84.3 cm³/mol. The third-order valence-corrected chi connectivity index (χ3v) is 4.91. The molecule has 1 atom stereocenters. The highest BCUT2D eigenvalue weighted by atomic mass is 32.2. The van der Waals surface area contributed by atoms with Crippen LogP contribution in [0.3, 0.4) is 0 Å². The molecule has 1 aliphatic rings. The lowest BCUT2D eigenvalue weighted by atomic mass is 10.2. The molecule has 132 valence electrons. The van der Waals surface area contributed by atoms with E-state index in [1.165, 1.54) is 7.11 Å². The summed E-state index contributed by atoms with van der Waals surface area (Å²) < 4.78 is 32.0. The Kier molecular flexibility index (Phi) is 5.34. The van der Waals surface area contributed by atoms with Crippen molar-refractivity contribution >= 4 is 28.2 Å². The third-order valence-electron chi connectivity index (χ3n) is 3.41. The van der Waals surface area contributed by atoms with Gasteiger partial charge in [-0.15, -0.1) is 0 Å². The molecule has 1 aromatic heterocycles. The van der Waals surface area contributed by atoms with Gasteiger partial charge in [-0.1, -0.05) is 0 Å². The van der Waals surface area contributed by atoms with Crippen LogP contribution in [-0.4, -0.2) is 54.4 Å². The molecule has 0 saturated carbocycles. The predicted octanol–water partition coefficient (Wildman–Crippen LogP) is 0.0971. The number of nitrogens with zero attached hydrogens (tertiary/aromatic N) is 3. The first-order chi connectivity index (χ1) is 11.2. The maximum absolute atomic E-state index is 12.3. The molecule has 11 heteroatoms. The first kappa shape index (κ1) is 18.1. The van der Waals surface area contributed by atoms with Crippen molar-refractivity contribution in [1.82, 2.24) is 19.0 Å². The molecule has 1 aliphatic heterocycles. The van der Waals surface area contributed by atoms with Crippen LogP contribution in [-0.2, 0) is 19.7 Å². The van der Waals surface area contributed by atoms with Gasteiger partial charge in [-0.05, 0) is 32.8 Å². The lowest BCUT2D eigenvalue weighted by Crippen LogP contribution is -2.49. The Labute approximate surface area is 139 Å². The number of hydrogen-bond acceptors (Lipinski definition) is 7. The normalized spacial score (nSPS) is 18.2. The van der Waals surface area contributed by atoms with Crippen LogP contribution < -0.4 is 10.0 Å². The number of esters is 1. The fourth-order valence-corrected chi connectivity index (χ4v) is 3.78. The molecule has 0 aromatic carbocycles. The number of amides is 2. The number of anilines is 1. The first-order valence-corrected chi connectivity index (χ1v) is 8.67. The van der Waals surface area contributed by atoms with Crippen molar-refractivity contribution in [2.24, 2.45) is 0 Å². The van der Waals surface area contributed by atoms with E-state index < -0.39 is 28.3 Å². The Balaban J connectivity index is 2.08. The summed E-state index contributed by atoms with van der Waals surface area (Å²) in [6.07, 6.45) is 0.845. The van der Waals surface area contributed by atoms with Crippen molar-refractivity contribution in [2.75, 3.05) is 19.0 Å². The van der Waals surface area contributed by atoms with Crippen LogP contribution in [0.1, 0.15) is 24.2 Å². The first-order valence-electron chi connectivity index (χ1n) is 7.23. The van der Waals surface area contributed by atoms with Gasteiger partial charge in [0.25, 0.3) is 0 Å². The number of urea groups is 1. The number of rotatable bonds is 4. The summed E-state index contributed by atoms with van der Waals surface area (Å²) in [5.41, 5.74) is 1.26. The highest BCUT2D eigenvalue weighted by Crippen LogP contribution is 2.21. The van der Waals surface area contributed by atoms with Gasteiger partial charge in [-0.3, -0.25) is 10.1 Å². The summed E-state index contributed by atoms with van der Waals surface area (Å²) in [5, 5.41) is 2.27. The topological polar surface area (TPSA) is 131 Å². The summed E-state index contributed by atoms with van der Waals surface area (Å²) in [6, 6.07) is -0.223. The summed E-state index contributed by atoms with van der Waals surface area (Å²) in [7, 11) is -3.01. The number of carbonyl (C=O) groups is 2. The lowest BCUT2D eigenvalue weighted by Gasteiger charge is -2.22. The minimum Gasteiger partial charge on any atom is -0.468 e. The monoisotopic (exact) mass is 357 g/mol. The van der Waals surface area contributed by atoms with Crippen LogP contribution in [0.25, 0.3) is 0 Å². The zero-order valence-corrected chi connectivity index (χ0v) is 14.4. The zero-order chi connectivity index (χ0) is 17.9. The molecule has 2 amide bonds. The Morgan fingerprint density at radius 1 is 1.29 bits per heavy atom. The quantitative estimate of drug-likeness (QED) is 0.731. The van der Waals surface area contributed by atoms with E-state index in [0.717, 1.165) is 4.31 Å². The van der Waals surface area contributed by atoms with E-state index in [9.17, 15) is 18.0 Å². The van der Waals surface area contributed by atoms with Gasteiger partial charge in [-0.2, -0.15) is 12.7 Å². The lowest BCUT2D eigenvalue weighted by molar-refractivity contribution is -0.144. The second-order valence-corrected chi connectivity index (χ2v) is 6.95. The molecule has 24 heavy (non-hydrogen) atoms. The van der Waals surface area contributed by atoms with Crippen LogP contribution >= 0.6 is 0 Å². The van der Waals surface area contributed by atoms with Crippen LogP contribution in [0.2, 0.25) is 0 Å². The van der Waals surface area contributed by atoms with Gasteiger partial charge in [-0.25, -0.2) is 19.5 Å². The third kappa shape index (κ3) is 4.17. The molecule has 2 rings (SSSR count). The molecular weight excluding hydrogens is 338 g/mol. The highest BCUT2D eigenvalue weighted by Gasteiger charge is 2.40. The van der Waals surface area contributed by atoms with Gasteiger partial charge in [0, 0.05) is 17.9 Å². The number of ether oxygens (including phenoxy) is 1. The maximum atomic E-state index is 12.3. The van der Waals surface area contributed by atoms with Crippen molar-refractivity contribution in [1.29, 1.82) is 0 Å². The molecule has 2 heterocycles. The average Bonchev–Trinajstić information content (AvgIpc) is 2.94. The minimum absolute atomic E-state index is 0.00820. The van der Waals surface area contributed by atoms with E-state index in [-0.39, 0.29) is 12.5 Å². The van der Waals surface area contributed by atoms with E-state index in [1.54, 1.807) is 19.9 Å². The average molecular weight is 357 g/mol. The second kappa shape index (κ2) is 7.09. The van der Waals surface area contributed by atoms with Gasteiger partial charge < -0.3 is 4.74 Å². The van der Waals surface area contributed by atoms with Gasteiger partial charge in [0.05, 0.1) is 7.11 Å². The molecule has 1 unspecified atom stereocenters. The molecule has 1 aromatic rings. The molecular formula is C13H19N5O5S. The van der Waals surface area contributed by atoms with Crippen LogP contribution in [0, 0.1) is 13.8 Å². The van der Waals surface area contributed by atoms with E-state index in [2.05, 4.69) is 20.0 Å². The molecule has 0 spiro atoms. The number of carbonyl (C=O) groups excluding carboxylic acids is 2. The summed E-state index contributed by atoms with van der Waals surface area (Å²) in [4.78, 5) is 31.6. The van der Waals surface area contributed by atoms with Gasteiger partial charge in [0.1, 0.15) is 6.04 Å². The van der Waals surface area contributed by atoms with Crippen LogP contribution in [0.4, 0.5) is 10.7 Å². The minimum atomic E-state index is -4.19. The molecule has 1 fully saturated rings. The van der Waals surface area contributed by atoms with Crippen molar-refractivity contribution in [3.05, 3.63) is 17.5 Å². The number of aromatic nitrogens is 2. The molecule has 0 radical (unpaired) electrons. The standard InChI is InChI=1S/C13H19N5O5S/c1-8-7-9(2)15-12(14-8)16-13(20)17-24(21,22)18-6-4-5-10(18)11(19)23-3/h7,10H,4-6H2,1-3H3,(H2,14,15,16,17,20). The van der Waals surface area contributed by atoms with Crippen molar-refractivity contribution < 1.29 is 22.7 Å². The fraction of sp³-hybridized carbons (Fsp3) is 0.538. The summed E-state index contributed by atoms with van der Waals surface area (Å²) in [5.74, 6) is -0.665.